The largest absolute Gasteiger partial charge is 0.478 e. The van der Waals surface area contributed by atoms with Crippen LogP contribution in [0.3, 0.4) is 0 Å². The van der Waals surface area contributed by atoms with Crippen LogP contribution in [0.5, 0.6) is 0 Å². The number of hydrogen-bond donors (Lipinski definition) is 4. The van der Waals surface area contributed by atoms with E-state index in [1.54, 1.807) is 26.1 Å². The molecule has 0 saturated carbocycles. The van der Waals surface area contributed by atoms with Crippen LogP contribution in [-0.4, -0.2) is 41.0 Å². The molecule has 2 atom stereocenters. The van der Waals surface area contributed by atoms with Crippen LogP contribution in [0.1, 0.15) is 34.0 Å². The third-order valence-corrected chi connectivity index (χ3v) is 2.90. The fourth-order valence-electron chi connectivity index (χ4n) is 1.90. The highest BCUT2D eigenvalue weighted by Crippen LogP contribution is 2.26. The van der Waals surface area contributed by atoms with E-state index < -0.39 is 18.2 Å². The summed E-state index contributed by atoms with van der Waals surface area (Å²) < 4.78 is 0. The number of aliphatic hydroxyl groups is 2. The first-order chi connectivity index (χ1) is 8.49. The molecule has 0 aliphatic rings. The van der Waals surface area contributed by atoms with E-state index in [9.17, 15) is 15.0 Å². The maximum atomic E-state index is 11.1. The number of benzene rings is 1. The lowest BCUT2D eigenvalue weighted by atomic mass is 9.93. The van der Waals surface area contributed by atoms with Crippen LogP contribution >= 0.6 is 0 Å². The molecule has 0 saturated heterocycles. The second kappa shape index (κ2) is 6.49. The Kier molecular flexibility index (Phi) is 5.27. The van der Waals surface area contributed by atoms with Crippen molar-refractivity contribution in [1.29, 1.82) is 0 Å². The zero-order valence-electron chi connectivity index (χ0n) is 10.6. The summed E-state index contributed by atoms with van der Waals surface area (Å²) in [5.41, 5.74) is 0.977. The monoisotopic (exact) mass is 253 g/mol. The van der Waals surface area contributed by atoms with Gasteiger partial charge in [-0.3, -0.25) is 0 Å². The molecule has 0 bridgehead atoms. The lowest BCUT2D eigenvalue weighted by Gasteiger charge is -2.21. The van der Waals surface area contributed by atoms with Gasteiger partial charge in [-0.1, -0.05) is 12.1 Å². The van der Waals surface area contributed by atoms with Gasteiger partial charge < -0.3 is 20.6 Å². The molecule has 1 rings (SSSR count). The minimum atomic E-state index is -1.19. The molecule has 0 fully saturated rings. The second-order valence-electron chi connectivity index (χ2n) is 4.25. The highest BCUT2D eigenvalue weighted by atomic mass is 16.4. The predicted octanol–water partition coefficient (Wildman–Crippen LogP) is 0.697. The zero-order valence-corrected chi connectivity index (χ0v) is 10.6. The number of carbonyl (C=O) groups is 1. The Morgan fingerprint density at radius 2 is 2.06 bits per heavy atom. The minimum Gasteiger partial charge on any atom is -0.478 e. The molecule has 2 unspecified atom stereocenters. The van der Waals surface area contributed by atoms with Gasteiger partial charge >= 0.3 is 5.97 Å². The van der Waals surface area contributed by atoms with E-state index in [2.05, 4.69) is 5.32 Å². The summed E-state index contributed by atoms with van der Waals surface area (Å²) in [6, 6.07) is 4.77. The molecule has 5 nitrogen and oxygen atoms in total. The van der Waals surface area contributed by atoms with Gasteiger partial charge in [0.25, 0.3) is 0 Å². The van der Waals surface area contributed by atoms with Crippen molar-refractivity contribution in [3.63, 3.8) is 0 Å². The first-order valence-electron chi connectivity index (χ1n) is 5.82. The third kappa shape index (κ3) is 3.29. The number of nitrogens with one attached hydrogen (secondary N) is 1. The first-order valence-corrected chi connectivity index (χ1v) is 5.82. The van der Waals surface area contributed by atoms with Gasteiger partial charge in [0, 0.05) is 5.56 Å². The molecule has 0 spiro atoms. The van der Waals surface area contributed by atoms with E-state index in [0.717, 1.165) is 0 Å². The molecule has 5 heteroatoms. The molecule has 0 heterocycles. The summed E-state index contributed by atoms with van der Waals surface area (Å²) in [6.45, 7) is 2.27. The lowest BCUT2D eigenvalue weighted by molar-refractivity contribution is 0.0127. The zero-order chi connectivity index (χ0) is 13.7. The van der Waals surface area contributed by atoms with Crippen LogP contribution in [0, 0.1) is 6.92 Å². The summed E-state index contributed by atoms with van der Waals surface area (Å²) in [5.74, 6) is -1.10. The number of carboxylic acids is 1. The van der Waals surface area contributed by atoms with Crippen molar-refractivity contribution in [3.05, 3.63) is 34.9 Å². The van der Waals surface area contributed by atoms with E-state index in [4.69, 9.17) is 5.11 Å². The van der Waals surface area contributed by atoms with Crippen LogP contribution in [0.25, 0.3) is 0 Å². The molecule has 4 N–H and O–H groups in total. The highest BCUT2D eigenvalue weighted by Gasteiger charge is 2.24. The quantitative estimate of drug-likeness (QED) is 0.599. The predicted molar refractivity (Wildman–Crippen MR) is 67.6 cm³/mol. The van der Waals surface area contributed by atoms with Crippen LogP contribution < -0.4 is 5.32 Å². The molecular weight excluding hydrogens is 234 g/mol. The number of aromatic carboxylic acids is 1. The van der Waals surface area contributed by atoms with Gasteiger partial charge in [0.1, 0.15) is 6.10 Å². The van der Waals surface area contributed by atoms with Crippen molar-refractivity contribution in [2.45, 2.75) is 25.6 Å². The maximum Gasteiger partial charge on any atom is 0.336 e. The Labute approximate surface area is 106 Å². The molecular formula is C13H19NO4. The van der Waals surface area contributed by atoms with Gasteiger partial charge in [-0.05, 0) is 38.6 Å². The van der Waals surface area contributed by atoms with Gasteiger partial charge in [0.05, 0.1) is 11.7 Å². The van der Waals surface area contributed by atoms with Crippen LogP contribution in [0.15, 0.2) is 18.2 Å². The average molecular weight is 253 g/mol. The molecule has 0 aromatic heterocycles. The maximum absolute atomic E-state index is 11.1. The van der Waals surface area contributed by atoms with Gasteiger partial charge in [-0.15, -0.1) is 0 Å². The van der Waals surface area contributed by atoms with Crippen molar-refractivity contribution in [2.75, 3.05) is 13.6 Å². The van der Waals surface area contributed by atoms with E-state index >= 15 is 0 Å². The summed E-state index contributed by atoms with van der Waals surface area (Å²) >= 11 is 0. The molecule has 0 aliphatic heterocycles. The molecule has 0 amide bonds. The average Bonchev–Trinajstić information content (AvgIpc) is 2.34. The van der Waals surface area contributed by atoms with E-state index in [0.29, 0.717) is 18.5 Å². The van der Waals surface area contributed by atoms with E-state index in [-0.39, 0.29) is 11.1 Å². The Morgan fingerprint density at radius 1 is 1.39 bits per heavy atom. The van der Waals surface area contributed by atoms with Crippen molar-refractivity contribution >= 4 is 5.97 Å². The number of hydrogen-bond acceptors (Lipinski definition) is 4. The first kappa shape index (κ1) is 14.6. The summed E-state index contributed by atoms with van der Waals surface area (Å²) in [7, 11) is 1.75. The Hall–Kier alpha value is -1.43. The summed E-state index contributed by atoms with van der Waals surface area (Å²) in [6.07, 6.45) is -1.83. The molecule has 0 aliphatic carbocycles. The molecule has 100 valence electrons. The third-order valence-electron chi connectivity index (χ3n) is 2.90. The Bertz CT molecular complexity index is 419. The number of aliphatic hydroxyl groups excluding tert-OH is 2. The van der Waals surface area contributed by atoms with Crippen LogP contribution in [0.4, 0.5) is 0 Å². The van der Waals surface area contributed by atoms with Gasteiger partial charge in [0.2, 0.25) is 0 Å². The van der Waals surface area contributed by atoms with Crippen LogP contribution in [0.2, 0.25) is 0 Å². The molecule has 1 aromatic rings. The Balaban J connectivity index is 3.03. The summed E-state index contributed by atoms with van der Waals surface area (Å²) in [4.78, 5) is 11.1. The normalized spacial score (nSPS) is 14.2. The fourth-order valence-corrected chi connectivity index (χ4v) is 1.90. The van der Waals surface area contributed by atoms with E-state index in [1.807, 2.05) is 0 Å². The number of rotatable bonds is 6. The van der Waals surface area contributed by atoms with Crippen molar-refractivity contribution in [3.8, 4) is 0 Å². The lowest BCUT2D eigenvalue weighted by Crippen LogP contribution is -2.25. The summed E-state index contributed by atoms with van der Waals surface area (Å²) in [5, 5.41) is 31.9. The number of aryl methyl sites for hydroxylation is 1. The van der Waals surface area contributed by atoms with Crippen molar-refractivity contribution in [2.24, 2.45) is 0 Å². The standard InChI is InChI=1S/C13H19NO4/c1-8-4-3-5-9(13(17)18)11(8)12(16)10(15)6-7-14-2/h3-5,10,12,14-16H,6-7H2,1-2H3,(H,17,18). The van der Waals surface area contributed by atoms with E-state index in [1.165, 1.54) is 6.07 Å². The van der Waals surface area contributed by atoms with Gasteiger partial charge in [0.15, 0.2) is 0 Å². The highest BCUT2D eigenvalue weighted by molar-refractivity contribution is 5.90. The van der Waals surface area contributed by atoms with Crippen LogP contribution in [-0.2, 0) is 0 Å². The number of carboxylic acid groups (broad SMARTS) is 1. The molecule has 18 heavy (non-hydrogen) atoms. The van der Waals surface area contributed by atoms with Crippen molar-refractivity contribution in [1.82, 2.24) is 5.32 Å². The smallest absolute Gasteiger partial charge is 0.336 e. The topological polar surface area (TPSA) is 89.8 Å². The Morgan fingerprint density at radius 3 is 2.61 bits per heavy atom. The SMILES string of the molecule is CNCCC(O)C(O)c1c(C)cccc1C(=O)O. The van der Waals surface area contributed by atoms with Crippen molar-refractivity contribution < 1.29 is 20.1 Å². The second-order valence-corrected chi connectivity index (χ2v) is 4.25. The fraction of sp³-hybridized carbons (Fsp3) is 0.462. The van der Waals surface area contributed by atoms with Gasteiger partial charge in [-0.2, -0.15) is 0 Å². The molecule has 1 aromatic carbocycles. The minimum absolute atomic E-state index is 0.0333. The molecule has 0 radical (unpaired) electrons. The van der Waals surface area contributed by atoms with Gasteiger partial charge in [-0.25, -0.2) is 4.79 Å².